The highest BCUT2D eigenvalue weighted by Crippen LogP contribution is 2.33. The molecule has 0 saturated heterocycles. The van der Waals surface area contributed by atoms with Crippen molar-refractivity contribution in [3.05, 3.63) is 40.5 Å². The van der Waals surface area contributed by atoms with Crippen molar-refractivity contribution in [2.75, 3.05) is 11.4 Å². The molecule has 1 aliphatic rings. The SMILES string of the molecule is CC(=CC(=O)O)CN1C(=O)C(=O)c2c(C)cc(C)cc21. The number of hydrogen-bond acceptors (Lipinski definition) is 3. The van der Waals surface area contributed by atoms with Crippen molar-refractivity contribution in [1.82, 2.24) is 0 Å². The molecule has 1 N–H and O–H groups in total. The molecule has 1 amide bonds. The molecule has 104 valence electrons. The average molecular weight is 273 g/mol. The quantitative estimate of drug-likeness (QED) is 0.674. The number of anilines is 1. The molecule has 0 aromatic heterocycles. The predicted molar refractivity (Wildman–Crippen MR) is 74.0 cm³/mol. The van der Waals surface area contributed by atoms with Crippen LogP contribution in [0.3, 0.4) is 0 Å². The smallest absolute Gasteiger partial charge is 0.328 e. The second kappa shape index (κ2) is 4.92. The van der Waals surface area contributed by atoms with Gasteiger partial charge >= 0.3 is 5.97 Å². The Morgan fingerprint density at radius 3 is 2.55 bits per heavy atom. The van der Waals surface area contributed by atoms with Gasteiger partial charge in [0.2, 0.25) is 0 Å². The van der Waals surface area contributed by atoms with Crippen LogP contribution in [0, 0.1) is 13.8 Å². The van der Waals surface area contributed by atoms with Crippen LogP contribution >= 0.6 is 0 Å². The van der Waals surface area contributed by atoms with Gasteiger partial charge in [0.15, 0.2) is 0 Å². The third kappa shape index (κ3) is 2.34. The summed E-state index contributed by atoms with van der Waals surface area (Å²) in [6, 6.07) is 3.63. The monoisotopic (exact) mass is 273 g/mol. The van der Waals surface area contributed by atoms with E-state index in [1.54, 1.807) is 19.9 Å². The normalized spacial score (nSPS) is 14.8. The summed E-state index contributed by atoms with van der Waals surface area (Å²) >= 11 is 0. The van der Waals surface area contributed by atoms with Crippen LogP contribution in [-0.4, -0.2) is 29.3 Å². The van der Waals surface area contributed by atoms with E-state index in [4.69, 9.17) is 5.11 Å². The van der Waals surface area contributed by atoms with E-state index in [2.05, 4.69) is 0 Å². The minimum absolute atomic E-state index is 0.104. The fourth-order valence-corrected chi connectivity index (χ4v) is 2.46. The molecular formula is C15H15NO4. The number of benzene rings is 1. The summed E-state index contributed by atoms with van der Waals surface area (Å²) in [7, 11) is 0. The van der Waals surface area contributed by atoms with Gasteiger partial charge in [0.05, 0.1) is 11.3 Å². The number of aliphatic carboxylic acids is 1. The topological polar surface area (TPSA) is 74.7 Å². The highest BCUT2D eigenvalue weighted by atomic mass is 16.4. The molecular weight excluding hydrogens is 258 g/mol. The number of aryl methyl sites for hydroxylation is 2. The highest BCUT2D eigenvalue weighted by Gasteiger charge is 2.37. The lowest BCUT2D eigenvalue weighted by Crippen LogP contribution is -2.31. The first-order chi connectivity index (χ1) is 9.31. The van der Waals surface area contributed by atoms with Crippen molar-refractivity contribution in [3.63, 3.8) is 0 Å². The van der Waals surface area contributed by atoms with E-state index >= 15 is 0 Å². The molecule has 20 heavy (non-hydrogen) atoms. The number of nitrogens with zero attached hydrogens (tertiary/aromatic N) is 1. The molecule has 5 heteroatoms. The maximum absolute atomic E-state index is 12.0. The Hall–Kier alpha value is -2.43. The van der Waals surface area contributed by atoms with Crippen LogP contribution in [0.4, 0.5) is 5.69 Å². The van der Waals surface area contributed by atoms with Crippen LogP contribution in [-0.2, 0) is 9.59 Å². The number of carbonyl (C=O) groups is 3. The van der Waals surface area contributed by atoms with Crippen LogP contribution in [0.1, 0.15) is 28.4 Å². The third-order valence-corrected chi connectivity index (χ3v) is 3.19. The molecule has 0 aliphatic carbocycles. The number of amides is 1. The molecule has 0 radical (unpaired) electrons. The second-order valence-electron chi connectivity index (χ2n) is 5.03. The maximum atomic E-state index is 12.0. The highest BCUT2D eigenvalue weighted by molar-refractivity contribution is 6.52. The Kier molecular flexibility index (Phi) is 3.44. The zero-order valence-electron chi connectivity index (χ0n) is 11.6. The number of rotatable bonds is 3. The molecule has 0 saturated carbocycles. The first-order valence-electron chi connectivity index (χ1n) is 6.19. The van der Waals surface area contributed by atoms with Gasteiger partial charge in [0, 0.05) is 12.6 Å². The Morgan fingerprint density at radius 1 is 1.30 bits per heavy atom. The van der Waals surface area contributed by atoms with Gasteiger partial charge in [-0.15, -0.1) is 0 Å². The van der Waals surface area contributed by atoms with Crippen molar-refractivity contribution < 1.29 is 19.5 Å². The molecule has 0 unspecified atom stereocenters. The van der Waals surface area contributed by atoms with Crippen LogP contribution < -0.4 is 4.90 Å². The van der Waals surface area contributed by atoms with Gasteiger partial charge in [0.25, 0.3) is 11.7 Å². The summed E-state index contributed by atoms with van der Waals surface area (Å²) in [5, 5.41) is 8.71. The maximum Gasteiger partial charge on any atom is 0.328 e. The van der Waals surface area contributed by atoms with Crippen molar-refractivity contribution in [2.45, 2.75) is 20.8 Å². The van der Waals surface area contributed by atoms with Crippen LogP contribution in [0.2, 0.25) is 0 Å². The lowest BCUT2D eigenvalue weighted by Gasteiger charge is -2.17. The zero-order chi connectivity index (χ0) is 15.0. The zero-order valence-corrected chi connectivity index (χ0v) is 11.6. The first kappa shape index (κ1) is 14.0. The van der Waals surface area contributed by atoms with E-state index in [0.29, 0.717) is 16.8 Å². The van der Waals surface area contributed by atoms with Crippen LogP contribution in [0.15, 0.2) is 23.8 Å². The standard InChI is InChI=1S/C15H15NO4/c1-8-4-10(3)13-11(5-8)16(15(20)14(13)19)7-9(2)6-12(17)18/h4-6H,7H2,1-3H3,(H,17,18). The molecule has 1 aromatic rings. The molecule has 0 bridgehead atoms. The number of carboxylic acid groups (broad SMARTS) is 1. The molecule has 0 atom stereocenters. The number of carbonyl (C=O) groups excluding carboxylic acids is 2. The number of ketones is 1. The Balaban J connectivity index is 2.46. The lowest BCUT2D eigenvalue weighted by atomic mass is 10.0. The number of hydrogen-bond donors (Lipinski definition) is 1. The lowest BCUT2D eigenvalue weighted by molar-refractivity contribution is -0.131. The van der Waals surface area contributed by atoms with Gasteiger partial charge in [-0.1, -0.05) is 6.07 Å². The summed E-state index contributed by atoms with van der Waals surface area (Å²) in [5.41, 5.74) is 3.21. The van der Waals surface area contributed by atoms with Crippen molar-refractivity contribution >= 4 is 23.3 Å². The molecule has 1 aromatic carbocycles. The minimum atomic E-state index is -1.07. The van der Waals surface area contributed by atoms with E-state index in [1.807, 2.05) is 13.0 Å². The third-order valence-electron chi connectivity index (χ3n) is 3.19. The van der Waals surface area contributed by atoms with Gasteiger partial charge in [-0.25, -0.2) is 4.79 Å². The van der Waals surface area contributed by atoms with E-state index < -0.39 is 17.7 Å². The predicted octanol–water partition coefficient (Wildman–Crippen LogP) is 1.86. The van der Waals surface area contributed by atoms with Gasteiger partial charge in [-0.2, -0.15) is 0 Å². The molecule has 5 nitrogen and oxygen atoms in total. The Morgan fingerprint density at radius 2 is 1.95 bits per heavy atom. The Labute approximate surface area is 116 Å². The summed E-state index contributed by atoms with van der Waals surface area (Å²) in [5.74, 6) is -2.20. The summed E-state index contributed by atoms with van der Waals surface area (Å²) in [6.45, 7) is 5.40. The fraction of sp³-hybridized carbons (Fsp3) is 0.267. The molecule has 1 aliphatic heterocycles. The van der Waals surface area contributed by atoms with Gasteiger partial charge in [0.1, 0.15) is 0 Å². The van der Waals surface area contributed by atoms with E-state index in [0.717, 1.165) is 17.2 Å². The van der Waals surface area contributed by atoms with Crippen molar-refractivity contribution in [2.24, 2.45) is 0 Å². The molecule has 0 fully saturated rings. The van der Waals surface area contributed by atoms with Gasteiger partial charge in [-0.3, -0.25) is 9.59 Å². The summed E-state index contributed by atoms with van der Waals surface area (Å²) < 4.78 is 0. The first-order valence-corrected chi connectivity index (χ1v) is 6.19. The summed E-state index contributed by atoms with van der Waals surface area (Å²) in [4.78, 5) is 36.0. The number of Topliss-reactive ketones (excluding diaryl/α,β-unsaturated/α-hetero) is 1. The second-order valence-corrected chi connectivity index (χ2v) is 5.03. The van der Waals surface area contributed by atoms with Gasteiger partial charge < -0.3 is 10.0 Å². The summed E-state index contributed by atoms with van der Waals surface area (Å²) in [6.07, 6.45) is 1.04. The fourth-order valence-electron chi connectivity index (χ4n) is 2.46. The van der Waals surface area contributed by atoms with Gasteiger partial charge in [-0.05, 0) is 43.5 Å². The van der Waals surface area contributed by atoms with E-state index in [9.17, 15) is 14.4 Å². The molecule has 1 heterocycles. The average Bonchev–Trinajstić information content (AvgIpc) is 2.53. The van der Waals surface area contributed by atoms with Crippen LogP contribution in [0.25, 0.3) is 0 Å². The minimum Gasteiger partial charge on any atom is -0.478 e. The number of fused-ring (bicyclic) bond motifs is 1. The van der Waals surface area contributed by atoms with Crippen molar-refractivity contribution in [1.29, 1.82) is 0 Å². The van der Waals surface area contributed by atoms with E-state index in [1.165, 1.54) is 4.90 Å². The van der Waals surface area contributed by atoms with Crippen molar-refractivity contribution in [3.8, 4) is 0 Å². The Bertz CT molecular complexity index is 658. The number of carboxylic acids is 1. The van der Waals surface area contributed by atoms with Crippen LogP contribution in [0.5, 0.6) is 0 Å². The molecule has 2 rings (SSSR count). The van der Waals surface area contributed by atoms with E-state index in [-0.39, 0.29) is 6.54 Å². The molecule has 0 spiro atoms. The largest absolute Gasteiger partial charge is 0.478 e.